The molecular formula is C23H13BrO2. The maximum atomic E-state index is 13.5. The fourth-order valence-electron chi connectivity index (χ4n) is 5.35. The second-order valence-electron chi connectivity index (χ2n) is 7.28. The summed E-state index contributed by atoms with van der Waals surface area (Å²) in [5.74, 6) is -0.324. The molecule has 3 aromatic carbocycles. The van der Waals surface area contributed by atoms with E-state index in [1.165, 1.54) is 0 Å². The molecule has 0 radical (unpaired) electrons. The lowest BCUT2D eigenvalue weighted by molar-refractivity contribution is 0.0893. The maximum absolute atomic E-state index is 13.5. The molecule has 0 saturated heterocycles. The molecule has 0 heterocycles. The summed E-state index contributed by atoms with van der Waals surface area (Å²) in [7, 11) is 0. The van der Waals surface area contributed by atoms with Gasteiger partial charge in [0.05, 0.1) is 11.3 Å². The number of halogens is 1. The summed E-state index contributed by atoms with van der Waals surface area (Å²) < 4.78 is -0.895. The lowest BCUT2D eigenvalue weighted by Crippen LogP contribution is -2.31. The van der Waals surface area contributed by atoms with Crippen LogP contribution >= 0.6 is 15.9 Å². The number of alkyl halides is 1. The molecule has 3 aromatic rings. The number of ketones is 2. The first-order valence-electron chi connectivity index (χ1n) is 8.70. The number of carbonyl (C=O) groups is 2. The Kier molecular flexibility index (Phi) is 2.48. The number of carbonyl (C=O) groups excluding carboxylic acids is 2. The molecule has 0 aromatic heterocycles. The van der Waals surface area contributed by atoms with Gasteiger partial charge in [0.1, 0.15) is 4.32 Å². The highest BCUT2D eigenvalue weighted by Gasteiger charge is 2.86. The Morgan fingerprint density at radius 3 is 1.69 bits per heavy atom. The highest BCUT2D eigenvalue weighted by atomic mass is 79.9. The lowest BCUT2D eigenvalue weighted by Gasteiger charge is -2.19. The van der Waals surface area contributed by atoms with E-state index in [2.05, 4.69) is 40.2 Å². The normalized spacial score (nSPS) is 26.1. The molecule has 3 aliphatic rings. The fourth-order valence-corrected chi connectivity index (χ4v) is 6.65. The first kappa shape index (κ1) is 14.6. The van der Waals surface area contributed by atoms with Crippen molar-refractivity contribution >= 4 is 27.5 Å². The number of hydrogen-bond acceptors (Lipinski definition) is 2. The van der Waals surface area contributed by atoms with E-state index in [1.54, 1.807) is 12.1 Å². The molecule has 0 amide bonds. The highest BCUT2D eigenvalue weighted by molar-refractivity contribution is 9.10. The van der Waals surface area contributed by atoms with Crippen LogP contribution in [0.2, 0.25) is 0 Å². The van der Waals surface area contributed by atoms with Gasteiger partial charge in [-0.1, -0.05) is 88.7 Å². The van der Waals surface area contributed by atoms with Gasteiger partial charge < -0.3 is 0 Å². The molecule has 6 rings (SSSR count). The molecular weight excluding hydrogens is 388 g/mol. The van der Waals surface area contributed by atoms with E-state index in [0.717, 1.165) is 22.3 Å². The quantitative estimate of drug-likeness (QED) is 0.508. The van der Waals surface area contributed by atoms with Gasteiger partial charge in [0.15, 0.2) is 11.6 Å². The number of Topliss-reactive ketones (excluding diaryl/α,β-unsaturated/α-hetero) is 2. The van der Waals surface area contributed by atoms with Crippen LogP contribution in [0.4, 0.5) is 0 Å². The summed E-state index contributed by atoms with van der Waals surface area (Å²) in [6, 6.07) is 23.5. The van der Waals surface area contributed by atoms with Crippen molar-refractivity contribution in [1.29, 1.82) is 0 Å². The van der Waals surface area contributed by atoms with Crippen molar-refractivity contribution in [3.05, 3.63) is 95.1 Å². The summed E-state index contributed by atoms with van der Waals surface area (Å²) in [5, 5.41) is 0. The first-order chi connectivity index (χ1) is 12.6. The molecule has 2 atom stereocenters. The Balaban J connectivity index is 1.72. The smallest absolute Gasteiger partial charge is 0.182 e. The SMILES string of the molecule is O=C1c2ccccc2C(=O)[C@@]2(Br)[C@@H]1C21c2ccccc2-c2ccccc21. The molecule has 0 aliphatic heterocycles. The summed E-state index contributed by atoms with van der Waals surface area (Å²) in [4.78, 5) is 26.9. The largest absolute Gasteiger partial charge is 0.294 e. The number of fused-ring (bicyclic) bond motifs is 9. The first-order valence-corrected chi connectivity index (χ1v) is 9.49. The summed E-state index contributed by atoms with van der Waals surface area (Å²) in [5.41, 5.74) is 4.88. The van der Waals surface area contributed by atoms with Crippen LogP contribution in [0.15, 0.2) is 72.8 Å². The molecule has 124 valence electrons. The zero-order valence-corrected chi connectivity index (χ0v) is 15.3. The number of benzene rings is 3. The molecule has 3 heteroatoms. The van der Waals surface area contributed by atoms with Crippen molar-refractivity contribution < 1.29 is 9.59 Å². The van der Waals surface area contributed by atoms with Gasteiger partial charge >= 0.3 is 0 Å². The molecule has 0 unspecified atom stereocenters. The second kappa shape index (κ2) is 4.41. The predicted molar refractivity (Wildman–Crippen MR) is 103 cm³/mol. The Morgan fingerprint density at radius 1 is 0.654 bits per heavy atom. The number of hydrogen-bond donors (Lipinski definition) is 0. The van der Waals surface area contributed by atoms with E-state index in [1.807, 2.05) is 36.4 Å². The fraction of sp³-hybridized carbons (Fsp3) is 0.130. The van der Waals surface area contributed by atoms with E-state index < -0.39 is 15.7 Å². The second-order valence-corrected chi connectivity index (χ2v) is 8.53. The van der Waals surface area contributed by atoms with Crippen LogP contribution in [-0.2, 0) is 5.41 Å². The molecule has 2 nitrogen and oxygen atoms in total. The minimum absolute atomic E-state index is 0.0178. The third-order valence-corrected chi connectivity index (χ3v) is 7.79. The van der Waals surface area contributed by atoms with Gasteiger partial charge in [-0.3, -0.25) is 9.59 Å². The van der Waals surface area contributed by atoms with E-state index >= 15 is 0 Å². The zero-order chi connectivity index (χ0) is 17.7. The van der Waals surface area contributed by atoms with Gasteiger partial charge in [-0.25, -0.2) is 0 Å². The van der Waals surface area contributed by atoms with Gasteiger partial charge in [0.25, 0.3) is 0 Å². The van der Waals surface area contributed by atoms with Crippen LogP contribution < -0.4 is 0 Å². The molecule has 1 spiro atoms. The predicted octanol–water partition coefficient (Wildman–Crippen LogP) is 4.80. The van der Waals surface area contributed by atoms with Crippen molar-refractivity contribution in [3.8, 4) is 11.1 Å². The average Bonchev–Trinajstić information content (AvgIpc) is 3.15. The van der Waals surface area contributed by atoms with Crippen LogP contribution in [0.25, 0.3) is 11.1 Å². The summed E-state index contributed by atoms with van der Waals surface area (Å²) in [6.07, 6.45) is 0. The Morgan fingerprint density at radius 2 is 1.12 bits per heavy atom. The zero-order valence-electron chi connectivity index (χ0n) is 13.7. The molecule has 1 fully saturated rings. The minimum atomic E-state index is -0.895. The van der Waals surface area contributed by atoms with E-state index in [4.69, 9.17) is 0 Å². The van der Waals surface area contributed by atoms with Gasteiger partial charge in [-0.15, -0.1) is 0 Å². The van der Waals surface area contributed by atoms with Crippen molar-refractivity contribution in [1.82, 2.24) is 0 Å². The standard InChI is InChI=1S/C23H13BrO2/c24-23-20(19(25)15-9-1-2-10-16(15)21(23)26)22(23)17-11-5-3-7-13(17)14-8-4-6-12-18(14)22/h1-12,20H/t20-,23-/m0/s1. The number of rotatable bonds is 0. The van der Waals surface area contributed by atoms with Crippen molar-refractivity contribution in [2.24, 2.45) is 5.92 Å². The molecule has 0 bridgehead atoms. The van der Waals surface area contributed by atoms with Gasteiger partial charge in [-0.2, -0.15) is 0 Å². The van der Waals surface area contributed by atoms with Gasteiger partial charge in [0.2, 0.25) is 0 Å². The van der Waals surface area contributed by atoms with Crippen molar-refractivity contribution in [2.75, 3.05) is 0 Å². The maximum Gasteiger partial charge on any atom is 0.182 e. The van der Waals surface area contributed by atoms with Crippen LogP contribution in [0.1, 0.15) is 31.8 Å². The van der Waals surface area contributed by atoms with Gasteiger partial charge in [0, 0.05) is 11.1 Å². The third kappa shape index (κ3) is 1.29. The van der Waals surface area contributed by atoms with E-state index in [9.17, 15) is 9.59 Å². The summed E-state index contributed by atoms with van der Waals surface area (Å²) in [6.45, 7) is 0. The van der Waals surface area contributed by atoms with Crippen molar-refractivity contribution in [3.63, 3.8) is 0 Å². The Labute approximate surface area is 159 Å². The topological polar surface area (TPSA) is 34.1 Å². The minimum Gasteiger partial charge on any atom is -0.294 e. The Hall–Kier alpha value is -2.52. The Bertz CT molecular complexity index is 1120. The molecule has 1 saturated carbocycles. The van der Waals surface area contributed by atoms with Crippen LogP contribution in [0, 0.1) is 5.92 Å². The van der Waals surface area contributed by atoms with Crippen LogP contribution in [-0.4, -0.2) is 15.9 Å². The van der Waals surface area contributed by atoms with Crippen molar-refractivity contribution in [2.45, 2.75) is 9.74 Å². The van der Waals surface area contributed by atoms with Crippen LogP contribution in [0.3, 0.4) is 0 Å². The van der Waals surface area contributed by atoms with E-state index in [-0.39, 0.29) is 11.6 Å². The molecule has 3 aliphatic carbocycles. The highest BCUT2D eigenvalue weighted by Crippen LogP contribution is 2.78. The third-order valence-electron chi connectivity index (χ3n) is 6.35. The average molecular weight is 401 g/mol. The van der Waals surface area contributed by atoms with E-state index in [0.29, 0.717) is 11.1 Å². The van der Waals surface area contributed by atoms with Crippen LogP contribution in [0.5, 0.6) is 0 Å². The lowest BCUT2D eigenvalue weighted by atomic mass is 9.88. The molecule has 0 N–H and O–H groups in total. The summed E-state index contributed by atoms with van der Waals surface area (Å²) >= 11 is 3.80. The molecule has 26 heavy (non-hydrogen) atoms. The monoisotopic (exact) mass is 400 g/mol. The van der Waals surface area contributed by atoms with Gasteiger partial charge in [-0.05, 0) is 22.3 Å².